The maximum atomic E-state index is 12.5. The van der Waals surface area contributed by atoms with E-state index >= 15 is 0 Å². The fourth-order valence-electron chi connectivity index (χ4n) is 3.16. The van der Waals surface area contributed by atoms with Gasteiger partial charge in [0.15, 0.2) is 0 Å². The molecule has 2 aliphatic rings. The van der Waals surface area contributed by atoms with E-state index < -0.39 is 10.0 Å². The van der Waals surface area contributed by atoms with Crippen LogP contribution in [0.3, 0.4) is 0 Å². The minimum Gasteiger partial charge on any atom is -0.309 e. The molecule has 0 saturated carbocycles. The van der Waals surface area contributed by atoms with Gasteiger partial charge in [0.05, 0.1) is 4.90 Å². The number of fused-ring (bicyclic) bond motifs is 1. The van der Waals surface area contributed by atoms with E-state index in [2.05, 4.69) is 21.9 Å². The second-order valence-corrected chi connectivity index (χ2v) is 7.60. The Balaban J connectivity index is 1.74. The number of likely N-dealkylation sites (tertiary alicyclic amines) is 1. The molecule has 0 radical (unpaired) electrons. The lowest BCUT2D eigenvalue weighted by molar-refractivity contribution is 0.211. The Hall–Kier alpha value is -0.950. The second-order valence-electron chi connectivity index (χ2n) is 5.89. The van der Waals surface area contributed by atoms with Gasteiger partial charge in [-0.05, 0) is 49.2 Å². The van der Waals surface area contributed by atoms with Crippen LogP contribution in [0.25, 0.3) is 0 Å². The third kappa shape index (κ3) is 3.29. The number of hydrogen-bond donors (Lipinski definition) is 2. The maximum Gasteiger partial charge on any atom is 0.240 e. The number of benzene rings is 1. The summed E-state index contributed by atoms with van der Waals surface area (Å²) in [6.45, 7) is 6.55. The molecule has 0 aliphatic carbocycles. The minimum atomic E-state index is -3.42. The van der Waals surface area contributed by atoms with E-state index in [0.29, 0.717) is 4.90 Å². The van der Waals surface area contributed by atoms with Crippen LogP contribution in [0.2, 0.25) is 0 Å². The van der Waals surface area contributed by atoms with Crippen molar-refractivity contribution in [2.45, 2.75) is 43.8 Å². The molecule has 1 atom stereocenters. The molecule has 1 unspecified atom stereocenters. The van der Waals surface area contributed by atoms with Gasteiger partial charge in [0, 0.05) is 25.7 Å². The van der Waals surface area contributed by atoms with Crippen molar-refractivity contribution in [3.05, 3.63) is 29.3 Å². The smallest absolute Gasteiger partial charge is 0.240 e. The Bertz CT molecular complexity index is 615. The summed E-state index contributed by atoms with van der Waals surface area (Å²) in [6.07, 6.45) is 1.97. The lowest BCUT2D eigenvalue weighted by atomic mass is 10.1. The largest absolute Gasteiger partial charge is 0.309 e. The molecule has 5 nitrogen and oxygen atoms in total. The number of nitrogens with zero attached hydrogens (tertiary/aromatic N) is 1. The highest BCUT2D eigenvalue weighted by molar-refractivity contribution is 7.89. The zero-order chi connectivity index (χ0) is 14.9. The summed E-state index contributed by atoms with van der Waals surface area (Å²) in [5, 5.41) is 3.24. The fraction of sp³-hybridized carbons (Fsp3) is 0.600. The van der Waals surface area contributed by atoms with E-state index in [4.69, 9.17) is 0 Å². The van der Waals surface area contributed by atoms with Gasteiger partial charge in [0.25, 0.3) is 0 Å². The first kappa shape index (κ1) is 15.0. The van der Waals surface area contributed by atoms with Crippen molar-refractivity contribution in [3.8, 4) is 0 Å². The van der Waals surface area contributed by atoms with Gasteiger partial charge in [0.1, 0.15) is 0 Å². The molecule has 116 valence electrons. The van der Waals surface area contributed by atoms with Crippen molar-refractivity contribution >= 4 is 10.0 Å². The first-order chi connectivity index (χ1) is 10.1. The monoisotopic (exact) mass is 309 g/mol. The zero-order valence-electron chi connectivity index (χ0n) is 12.4. The van der Waals surface area contributed by atoms with E-state index in [1.807, 2.05) is 6.07 Å². The Kier molecular flexibility index (Phi) is 4.31. The molecule has 2 heterocycles. The van der Waals surface area contributed by atoms with Gasteiger partial charge in [-0.1, -0.05) is 13.0 Å². The van der Waals surface area contributed by atoms with Crippen LogP contribution in [0.5, 0.6) is 0 Å². The molecule has 1 fully saturated rings. The third-order valence-corrected chi connectivity index (χ3v) is 5.91. The number of piperidine rings is 1. The summed E-state index contributed by atoms with van der Waals surface area (Å²) in [5.41, 5.74) is 2.29. The Morgan fingerprint density at radius 3 is 2.95 bits per heavy atom. The van der Waals surface area contributed by atoms with Gasteiger partial charge in [-0.15, -0.1) is 0 Å². The zero-order valence-corrected chi connectivity index (χ0v) is 13.2. The van der Waals surface area contributed by atoms with Crippen LogP contribution in [-0.4, -0.2) is 39.0 Å². The van der Waals surface area contributed by atoms with Crippen LogP contribution in [0.4, 0.5) is 0 Å². The fourth-order valence-corrected chi connectivity index (χ4v) is 4.48. The predicted octanol–water partition coefficient (Wildman–Crippen LogP) is 1.05. The van der Waals surface area contributed by atoms with Crippen molar-refractivity contribution in [1.29, 1.82) is 0 Å². The number of hydrogen-bond acceptors (Lipinski definition) is 4. The van der Waals surface area contributed by atoms with Gasteiger partial charge >= 0.3 is 0 Å². The Morgan fingerprint density at radius 1 is 1.33 bits per heavy atom. The molecule has 0 amide bonds. The van der Waals surface area contributed by atoms with Gasteiger partial charge in [-0.2, -0.15) is 0 Å². The van der Waals surface area contributed by atoms with Crippen molar-refractivity contribution in [1.82, 2.24) is 14.9 Å². The van der Waals surface area contributed by atoms with Gasteiger partial charge in [-0.3, -0.25) is 0 Å². The summed E-state index contributed by atoms with van der Waals surface area (Å²) in [4.78, 5) is 2.68. The summed E-state index contributed by atoms with van der Waals surface area (Å²) in [6, 6.07) is 5.46. The second kappa shape index (κ2) is 6.04. The summed E-state index contributed by atoms with van der Waals surface area (Å²) in [5.74, 6) is 0. The molecule has 0 bridgehead atoms. The number of sulfonamides is 1. The third-order valence-electron chi connectivity index (χ3n) is 4.39. The van der Waals surface area contributed by atoms with E-state index in [-0.39, 0.29) is 6.04 Å². The van der Waals surface area contributed by atoms with Gasteiger partial charge < -0.3 is 10.2 Å². The van der Waals surface area contributed by atoms with E-state index in [0.717, 1.165) is 51.1 Å². The standard InChI is InChI=1S/C15H23N3O2S/c1-2-18-7-3-4-14(11-18)17-21(19,20)15-6-5-12-9-16-10-13(12)8-15/h5-6,8,14,16-17H,2-4,7,9-11H2,1H3. The molecular formula is C15H23N3O2S. The van der Waals surface area contributed by atoms with Crippen LogP contribution < -0.4 is 10.0 Å². The van der Waals surface area contributed by atoms with Crippen LogP contribution in [0.15, 0.2) is 23.1 Å². The molecule has 6 heteroatoms. The number of rotatable bonds is 4. The maximum absolute atomic E-state index is 12.5. The summed E-state index contributed by atoms with van der Waals surface area (Å²) in [7, 11) is -3.42. The topological polar surface area (TPSA) is 61.4 Å². The SMILES string of the molecule is CCN1CCCC(NS(=O)(=O)c2ccc3c(c2)CNC3)C1. The van der Waals surface area contributed by atoms with Crippen molar-refractivity contribution in [2.75, 3.05) is 19.6 Å². The highest BCUT2D eigenvalue weighted by Gasteiger charge is 2.25. The quantitative estimate of drug-likeness (QED) is 0.873. The van der Waals surface area contributed by atoms with Crippen LogP contribution in [0, 0.1) is 0 Å². The van der Waals surface area contributed by atoms with Crippen molar-refractivity contribution in [3.63, 3.8) is 0 Å². The van der Waals surface area contributed by atoms with Gasteiger partial charge in [-0.25, -0.2) is 13.1 Å². The molecule has 1 saturated heterocycles. The number of likely N-dealkylation sites (N-methyl/N-ethyl adjacent to an activating group) is 1. The van der Waals surface area contributed by atoms with E-state index in [9.17, 15) is 8.42 Å². The Morgan fingerprint density at radius 2 is 2.14 bits per heavy atom. The molecule has 0 aromatic heterocycles. The van der Waals surface area contributed by atoms with Crippen LogP contribution >= 0.6 is 0 Å². The molecule has 2 N–H and O–H groups in total. The number of nitrogens with one attached hydrogen (secondary N) is 2. The molecule has 2 aliphatic heterocycles. The highest BCUT2D eigenvalue weighted by Crippen LogP contribution is 2.21. The lowest BCUT2D eigenvalue weighted by Gasteiger charge is -2.32. The molecule has 21 heavy (non-hydrogen) atoms. The van der Waals surface area contributed by atoms with Crippen LogP contribution in [0.1, 0.15) is 30.9 Å². The molecular weight excluding hydrogens is 286 g/mol. The molecule has 1 aromatic rings. The Labute approximate surface area is 126 Å². The molecule has 0 spiro atoms. The predicted molar refractivity (Wildman–Crippen MR) is 82.4 cm³/mol. The molecule has 3 rings (SSSR count). The summed E-state index contributed by atoms with van der Waals surface area (Å²) >= 11 is 0. The highest BCUT2D eigenvalue weighted by atomic mass is 32.2. The lowest BCUT2D eigenvalue weighted by Crippen LogP contribution is -2.47. The normalized spacial score (nSPS) is 23.2. The average Bonchev–Trinajstić information content (AvgIpc) is 2.94. The van der Waals surface area contributed by atoms with Crippen molar-refractivity contribution < 1.29 is 8.42 Å². The summed E-state index contributed by atoms with van der Waals surface area (Å²) < 4.78 is 28.0. The first-order valence-electron chi connectivity index (χ1n) is 7.65. The van der Waals surface area contributed by atoms with E-state index in [1.54, 1.807) is 12.1 Å². The van der Waals surface area contributed by atoms with Crippen LogP contribution in [-0.2, 0) is 23.1 Å². The van der Waals surface area contributed by atoms with Gasteiger partial charge in [0.2, 0.25) is 10.0 Å². The first-order valence-corrected chi connectivity index (χ1v) is 9.14. The van der Waals surface area contributed by atoms with Crippen molar-refractivity contribution in [2.24, 2.45) is 0 Å². The minimum absolute atomic E-state index is 0.0232. The average molecular weight is 309 g/mol. The molecule has 1 aromatic carbocycles. The van der Waals surface area contributed by atoms with E-state index in [1.165, 1.54) is 5.56 Å².